The highest BCUT2D eigenvalue weighted by Crippen LogP contribution is 2.20. The second kappa shape index (κ2) is 5.68. The van der Waals surface area contributed by atoms with Gasteiger partial charge in [0, 0.05) is 18.9 Å². The Labute approximate surface area is 121 Å². The zero-order chi connectivity index (χ0) is 13.9. The lowest BCUT2D eigenvalue weighted by molar-refractivity contribution is 0.643. The van der Waals surface area contributed by atoms with Crippen LogP contribution in [0.3, 0.4) is 0 Å². The average Bonchev–Trinajstić information content (AvgIpc) is 3.05. The van der Waals surface area contributed by atoms with Gasteiger partial charge in [0.05, 0.1) is 0 Å². The summed E-state index contributed by atoms with van der Waals surface area (Å²) in [6.07, 6.45) is 2.59. The molecule has 0 aliphatic carbocycles. The number of nitrogens with zero attached hydrogens (tertiary/aromatic N) is 4. The quantitative estimate of drug-likeness (QED) is 0.782. The monoisotopic (exact) mass is 287 g/mol. The van der Waals surface area contributed by atoms with Crippen LogP contribution < -0.4 is 5.73 Å². The maximum atomic E-state index is 6.21. The molecule has 20 heavy (non-hydrogen) atoms. The number of hydrogen-bond acceptors (Lipinski definition) is 5. The highest BCUT2D eigenvalue weighted by Gasteiger charge is 2.12. The standard InChI is InChI=1S/C14H17N5S/c1-2-12-16-17-14-19(12)18-13(20-14)9-8-11(15)10-6-4-3-5-7-10/h3-7,11H,2,8-9,15H2,1H3. The van der Waals surface area contributed by atoms with Crippen molar-refractivity contribution < 1.29 is 0 Å². The maximum absolute atomic E-state index is 6.21. The molecule has 2 aromatic heterocycles. The Morgan fingerprint density at radius 1 is 1.25 bits per heavy atom. The van der Waals surface area contributed by atoms with Crippen molar-refractivity contribution in [1.29, 1.82) is 0 Å². The van der Waals surface area contributed by atoms with Gasteiger partial charge in [-0.2, -0.15) is 9.61 Å². The number of nitrogens with two attached hydrogens (primary N) is 1. The molecule has 0 aliphatic rings. The van der Waals surface area contributed by atoms with Crippen molar-refractivity contribution >= 4 is 16.3 Å². The first-order valence-electron chi connectivity index (χ1n) is 6.78. The summed E-state index contributed by atoms with van der Waals surface area (Å²) in [5, 5.41) is 13.9. The summed E-state index contributed by atoms with van der Waals surface area (Å²) >= 11 is 1.59. The number of aryl methyl sites for hydroxylation is 2. The fraction of sp³-hybridized carbons (Fsp3) is 0.357. The van der Waals surface area contributed by atoms with Gasteiger partial charge in [-0.1, -0.05) is 48.6 Å². The van der Waals surface area contributed by atoms with E-state index in [0.29, 0.717) is 0 Å². The van der Waals surface area contributed by atoms with Gasteiger partial charge >= 0.3 is 0 Å². The smallest absolute Gasteiger partial charge is 0.234 e. The second-order valence-corrected chi connectivity index (χ2v) is 5.76. The maximum Gasteiger partial charge on any atom is 0.234 e. The molecule has 1 unspecified atom stereocenters. The molecule has 0 saturated heterocycles. The van der Waals surface area contributed by atoms with Gasteiger partial charge in [0.25, 0.3) is 0 Å². The van der Waals surface area contributed by atoms with Gasteiger partial charge in [-0.05, 0) is 12.0 Å². The number of aromatic nitrogens is 4. The largest absolute Gasteiger partial charge is 0.324 e. The van der Waals surface area contributed by atoms with E-state index in [-0.39, 0.29) is 6.04 Å². The Morgan fingerprint density at radius 3 is 2.80 bits per heavy atom. The van der Waals surface area contributed by atoms with Crippen LogP contribution in [0.1, 0.15) is 35.8 Å². The lowest BCUT2D eigenvalue weighted by Gasteiger charge is -2.10. The van der Waals surface area contributed by atoms with Crippen molar-refractivity contribution in [1.82, 2.24) is 19.8 Å². The Hall–Kier alpha value is -1.79. The third kappa shape index (κ3) is 2.57. The first-order chi connectivity index (χ1) is 9.78. The van der Waals surface area contributed by atoms with Gasteiger partial charge in [-0.25, -0.2) is 0 Å². The molecule has 0 aliphatic heterocycles. The van der Waals surface area contributed by atoms with E-state index >= 15 is 0 Å². The number of hydrogen-bond donors (Lipinski definition) is 1. The van der Waals surface area contributed by atoms with Gasteiger partial charge < -0.3 is 5.73 Å². The highest BCUT2D eigenvalue weighted by molar-refractivity contribution is 7.16. The molecule has 2 N–H and O–H groups in total. The van der Waals surface area contributed by atoms with E-state index in [4.69, 9.17) is 5.73 Å². The molecule has 0 bridgehead atoms. The van der Waals surface area contributed by atoms with Crippen molar-refractivity contribution in [3.8, 4) is 0 Å². The van der Waals surface area contributed by atoms with Crippen LogP contribution in [0.15, 0.2) is 30.3 Å². The summed E-state index contributed by atoms with van der Waals surface area (Å²) in [5.41, 5.74) is 7.38. The first kappa shape index (κ1) is 13.2. The predicted molar refractivity (Wildman–Crippen MR) is 79.7 cm³/mol. The molecule has 0 radical (unpaired) electrons. The van der Waals surface area contributed by atoms with E-state index in [9.17, 15) is 0 Å². The Kier molecular flexibility index (Phi) is 3.75. The zero-order valence-corrected chi connectivity index (χ0v) is 12.2. The topological polar surface area (TPSA) is 69.1 Å². The van der Waals surface area contributed by atoms with Crippen LogP contribution >= 0.6 is 11.3 Å². The molecule has 104 valence electrons. The fourth-order valence-electron chi connectivity index (χ4n) is 2.16. The van der Waals surface area contributed by atoms with E-state index < -0.39 is 0 Å². The molecule has 0 amide bonds. The second-order valence-electron chi connectivity index (χ2n) is 4.72. The zero-order valence-electron chi connectivity index (χ0n) is 11.4. The summed E-state index contributed by atoms with van der Waals surface area (Å²) in [7, 11) is 0. The van der Waals surface area contributed by atoms with Crippen molar-refractivity contribution in [2.24, 2.45) is 5.73 Å². The van der Waals surface area contributed by atoms with Crippen LogP contribution in [0.2, 0.25) is 0 Å². The highest BCUT2D eigenvalue weighted by atomic mass is 32.1. The fourth-order valence-corrected chi connectivity index (χ4v) is 3.03. The lowest BCUT2D eigenvalue weighted by Crippen LogP contribution is -2.11. The van der Waals surface area contributed by atoms with Gasteiger partial charge in [0.15, 0.2) is 5.82 Å². The minimum atomic E-state index is 0.0520. The summed E-state index contributed by atoms with van der Waals surface area (Å²) in [5.74, 6) is 0.912. The molecule has 0 fully saturated rings. The van der Waals surface area contributed by atoms with E-state index in [2.05, 4.69) is 34.4 Å². The Balaban J connectivity index is 1.69. The van der Waals surface area contributed by atoms with E-state index in [1.54, 1.807) is 11.3 Å². The third-order valence-electron chi connectivity index (χ3n) is 3.31. The van der Waals surface area contributed by atoms with Crippen LogP contribution in [-0.2, 0) is 12.8 Å². The molecular weight excluding hydrogens is 270 g/mol. The summed E-state index contributed by atoms with van der Waals surface area (Å²) in [4.78, 5) is 0.866. The van der Waals surface area contributed by atoms with Crippen molar-refractivity contribution in [3.63, 3.8) is 0 Å². The first-order valence-corrected chi connectivity index (χ1v) is 7.60. The molecule has 2 heterocycles. The molecular formula is C14H17N5S. The van der Waals surface area contributed by atoms with Crippen molar-refractivity contribution in [2.75, 3.05) is 0 Å². The normalized spacial score (nSPS) is 12.9. The van der Waals surface area contributed by atoms with Crippen LogP contribution in [0.4, 0.5) is 0 Å². The van der Waals surface area contributed by atoms with E-state index in [0.717, 1.165) is 35.1 Å². The van der Waals surface area contributed by atoms with Crippen molar-refractivity contribution in [3.05, 3.63) is 46.7 Å². The SMILES string of the molecule is CCc1nnc2sc(CCC(N)c3ccccc3)nn12. The number of benzene rings is 1. The van der Waals surface area contributed by atoms with Crippen LogP contribution in [0.5, 0.6) is 0 Å². The minimum Gasteiger partial charge on any atom is -0.324 e. The summed E-state index contributed by atoms with van der Waals surface area (Å²) in [6.45, 7) is 2.06. The van der Waals surface area contributed by atoms with Gasteiger partial charge in [0.2, 0.25) is 4.96 Å². The average molecular weight is 287 g/mol. The molecule has 3 rings (SSSR count). The molecule has 5 nitrogen and oxygen atoms in total. The van der Waals surface area contributed by atoms with Gasteiger partial charge in [0.1, 0.15) is 5.01 Å². The summed E-state index contributed by atoms with van der Waals surface area (Å²) < 4.78 is 1.84. The van der Waals surface area contributed by atoms with Gasteiger partial charge in [-0.15, -0.1) is 10.2 Å². The Bertz CT molecular complexity index is 688. The number of fused-ring (bicyclic) bond motifs is 1. The van der Waals surface area contributed by atoms with Crippen LogP contribution in [0.25, 0.3) is 4.96 Å². The molecule has 1 aromatic carbocycles. The Morgan fingerprint density at radius 2 is 2.05 bits per heavy atom. The summed E-state index contributed by atoms with van der Waals surface area (Å²) in [6, 6.07) is 10.2. The van der Waals surface area contributed by atoms with E-state index in [1.165, 1.54) is 5.56 Å². The predicted octanol–water partition coefficient (Wildman–Crippen LogP) is 2.38. The molecule has 6 heteroatoms. The van der Waals surface area contributed by atoms with Crippen molar-refractivity contribution in [2.45, 2.75) is 32.2 Å². The lowest BCUT2D eigenvalue weighted by atomic mass is 10.0. The van der Waals surface area contributed by atoms with Gasteiger partial charge in [-0.3, -0.25) is 0 Å². The number of rotatable bonds is 5. The third-order valence-corrected chi connectivity index (χ3v) is 4.27. The molecule has 1 atom stereocenters. The molecule has 3 aromatic rings. The van der Waals surface area contributed by atoms with Crippen LogP contribution in [-0.4, -0.2) is 19.8 Å². The van der Waals surface area contributed by atoms with E-state index in [1.807, 2.05) is 22.7 Å². The molecule has 0 saturated carbocycles. The molecule has 0 spiro atoms. The van der Waals surface area contributed by atoms with Crippen LogP contribution in [0, 0.1) is 0 Å². The minimum absolute atomic E-state index is 0.0520.